The van der Waals surface area contributed by atoms with Gasteiger partial charge in [-0.1, -0.05) is 79.6 Å². The van der Waals surface area contributed by atoms with Crippen LogP contribution in [0.3, 0.4) is 0 Å². The van der Waals surface area contributed by atoms with Crippen LogP contribution in [0.5, 0.6) is 5.75 Å². The molecular weight excluding hydrogens is 443 g/mol. The second-order valence-corrected chi connectivity index (χ2v) is 8.91. The molecule has 0 unspecified atom stereocenters. The number of rotatable bonds is 10. The molecule has 0 bridgehead atoms. The smallest absolute Gasteiger partial charge is 0.261 e. The van der Waals surface area contributed by atoms with Crippen molar-refractivity contribution >= 4 is 11.8 Å². The normalized spacial score (nSPS) is 14.3. The first-order chi connectivity index (χ1) is 17.1. The number of para-hydroxylation sites is 1. The SMILES string of the molecule is O=C(NC1CCCC1)[C@@H](Cc1ccccc1)N(Cc1ccccc1F)C(=O)COc1ccccc1. The molecule has 182 valence electrons. The van der Waals surface area contributed by atoms with Gasteiger partial charge in [0.15, 0.2) is 6.61 Å². The van der Waals surface area contributed by atoms with Crippen molar-refractivity contribution < 1.29 is 18.7 Å². The summed E-state index contributed by atoms with van der Waals surface area (Å²) in [5, 5.41) is 3.14. The molecule has 5 nitrogen and oxygen atoms in total. The molecule has 6 heteroatoms. The van der Waals surface area contributed by atoms with Crippen LogP contribution < -0.4 is 10.1 Å². The van der Waals surface area contributed by atoms with E-state index >= 15 is 0 Å². The van der Waals surface area contributed by atoms with Crippen molar-refractivity contribution in [2.45, 2.75) is 50.7 Å². The molecule has 35 heavy (non-hydrogen) atoms. The van der Waals surface area contributed by atoms with Crippen molar-refractivity contribution in [1.82, 2.24) is 10.2 Å². The third kappa shape index (κ3) is 6.92. The highest BCUT2D eigenvalue weighted by atomic mass is 19.1. The fourth-order valence-electron chi connectivity index (χ4n) is 4.48. The molecule has 0 radical (unpaired) electrons. The van der Waals surface area contributed by atoms with Crippen LogP contribution in [0.25, 0.3) is 0 Å². The molecule has 0 spiro atoms. The lowest BCUT2D eigenvalue weighted by molar-refractivity contribution is -0.143. The molecule has 1 aliphatic rings. The zero-order chi connectivity index (χ0) is 24.5. The fraction of sp³-hybridized carbons (Fsp3) is 0.310. The van der Waals surface area contributed by atoms with E-state index in [0.717, 1.165) is 31.2 Å². The fourth-order valence-corrected chi connectivity index (χ4v) is 4.48. The van der Waals surface area contributed by atoms with Gasteiger partial charge in [-0.3, -0.25) is 9.59 Å². The first-order valence-electron chi connectivity index (χ1n) is 12.1. The first-order valence-corrected chi connectivity index (χ1v) is 12.1. The molecule has 0 saturated heterocycles. The molecule has 3 aromatic rings. The number of amides is 2. The Hall–Kier alpha value is -3.67. The van der Waals surface area contributed by atoms with Crippen molar-refractivity contribution in [2.75, 3.05) is 6.61 Å². The second kappa shape index (κ2) is 12.2. The van der Waals surface area contributed by atoms with Crippen LogP contribution in [0.2, 0.25) is 0 Å². The Balaban J connectivity index is 1.61. The van der Waals surface area contributed by atoms with E-state index in [1.54, 1.807) is 30.3 Å². The van der Waals surface area contributed by atoms with Gasteiger partial charge in [-0.25, -0.2) is 4.39 Å². The zero-order valence-electron chi connectivity index (χ0n) is 19.7. The first kappa shape index (κ1) is 24.5. The number of nitrogens with one attached hydrogen (secondary N) is 1. The summed E-state index contributed by atoms with van der Waals surface area (Å²) in [6, 6.07) is 24.3. The highest BCUT2D eigenvalue weighted by Crippen LogP contribution is 2.21. The molecule has 4 rings (SSSR count). The van der Waals surface area contributed by atoms with Gasteiger partial charge in [0.2, 0.25) is 5.91 Å². The summed E-state index contributed by atoms with van der Waals surface area (Å²) in [5.74, 6) is -0.449. The van der Waals surface area contributed by atoms with Crippen molar-refractivity contribution in [3.05, 3.63) is 102 Å². The number of halogens is 1. The summed E-state index contributed by atoms with van der Waals surface area (Å²) in [5.41, 5.74) is 1.28. The van der Waals surface area contributed by atoms with E-state index in [1.807, 2.05) is 48.5 Å². The van der Waals surface area contributed by atoms with E-state index in [1.165, 1.54) is 11.0 Å². The summed E-state index contributed by atoms with van der Waals surface area (Å²) < 4.78 is 20.3. The van der Waals surface area contributed by atoms with Gasteiger partial charge in [-0.05, 0) is 36.6 Å². The van der Waals surface area contributed by atoms with Crippen molar-refractivity contribution in [2.24, 2.45) is 0 Å². The lowest BCUT2D eigenvalue weighted by atomic mass is 10.0. The minimum absolute atomic E-state index is 0.0285. The summed E-state index contributed by atoms with van der Waals surface area (Å²) >= 11 is 0. The van der Waals surface area contributed by atoms with Gasteiger partial charge in [0.1, 0.15) is 17.6 Å². The molecule has 1 atom stereocenters. The van der Waals surface area contributed by atoms with Gasteiger partial charge in [0.25, 0.3) is 5.91 Å². The maximum Gasteiger partial charge on any atom is 0.261 e. The van der Waals surface area contributed by atoms with Crippen LogP contribution >= 0.6 is 0 Å². The minimum atomic E-state index is -0.801. The van der Waals surface area contributed by atoms with Crippen LogP contribution in [0.1, 0.15) is 36.8 Å². The van der Waals surface area contributed by atoms with Gasteiger partial charge >= 0.3 is 0 Å². The summed E-state index contributed by atoms with van der Waals surface area (Å²) in [6.07, 6.45) is 4.35. The van der Waals surface area contributed by atoms with Crippen molar-refractivity contribution in [1.29, 1.82) is 0 Å². The number of hydrogen-bond acceptors (Lipinski definition) is 3. The maximum atomic E-state index is 14.6. The molecule has 3 aromatic carbocycles. The number of hydrogen-bond donors (Lipinski definition) is 1. The number of nitrogens with zero attached hydrogens (tertiary/aromatic N) is 1. The van der Waals surface area contributed by atoms with Gasteiger partial charge in [-0.15, -0.1) is 0 Å². The molecule has 1 saturated carbocycles. The van der Waals surface area contributed by atoms with E-state index in [4.69, 9.17) is 4.74 Å². The minimum Gasteiger partial charge on any atom is -0.484 e. The summed E-state index contributed by atoms with van der Waals surface area (Å²) in [7, 11) is 0. The average Bonchev–Trinajstić information content (AvgIpc) is 3.40. The Labute approximate surface area is 205 Å². The van der Waals surface area contributed by atoms with E-state index in [2.05, 4.69) is 5.32 Å². The predicted octanol–water partition coefficient (Wildman–Crippen LogP) is 4.90. The average molecular weight is 475 g/mol. The predicted molar refractivity (Wildman–Crippen MR) is 133 cm³/mol. The van der Waals surface area contributed by atoms with Gasteiger partial charge in [0.05, 0.1) is 0 Å². The molecule has 0 heterocycles. The lowest BCUT2D eigenvalue weighted by Crippen LogP contribution is -2.53. The molecule has 0 aliphatic heterocycles. The van der Waals surface area contributed by atoms with Crippen LogP contribution in [-0.4, -0.2) is 35.4 Å². The van der Waals surface area contributed by atoms with E-state index in [-0.39, 0.29) is 31.0 Å². The monoisotopic (exact) mass is 474 g/mol. The third-order valence-corrected chi connectivity index (χ3v) is 6.38. The Morgan fingerprint density at radius 2 is 1.54 bits per heavy atom. The Morgan fingerprint density at radius 3 is 2.23 bits per heavy atom. The van der Waals surface area contributed by atoms with E-state index < -0.39 is 11.9 Å². The molecular formula is C29H31FN2O3. The van der Waals surface area contributed by atoms with Crippen LogP contribution in [0.15, 0.2) is 84.9 Å². The van der Waals surface area contributed by atoms with Crippen LogP contribution in [0.4, 0.5) is 4.39 Å². The van der Waals surface area contributed by atoms with Crippen LogP contribution in [0, 0.1) is 5.82 Å². The Bertz CT molecular complexity index is 1100. The largest absolute Gasteiger partial charge is 0.484 e. The topological polar surface area (TPSA) is 58.6 Å². The van der Waals surface area contributed by atoms with Gasteiger partial charge in [-0.2, -0.15) is 0 Å². The zero-order valence-corrected chi connectivity index (χ0v) is 19.7. The molecule has 0 aromatic heterocycles. The third-order valence-electron chi connectivity index (χ3n) is 6.38. The Morgan fingerprint density at radius 1 is 0.914 bits per heavy atom. The second-order valence-electron chi connectivity index (χ2n) is 8.91. The summed E-state index contributed by atoms with van der Waals surface area (Å²) in [4.78, 5) is 28.5. The molecule has 1 N–H and O–H groups in total. The number of carbonyl (C=O) groups is 2. The Kier molecular flexibility index (Phi) is 8.49. The summed E-state index contributed by atoms with van der Waals surface area (Å²) in [6.45, 7) is -0.278. The van der Waals surface area contributed by atoms with Crippen molar-refractivity contribution in [3.63, 3.8) is 0 Å². The van der Waals surface area contributed by atoms with Gasteiger partial charge in [0, 0.05) is 24.6 Å². The molecule has 2 amide bonds. The highest BCUT2D eigenvalue weighted by molar-refractivity contribution is 5.88. The van der Waals surface area contributed by atoms with E-state index in [9.17, 15) is 14.0 Å². The standard InChI is InChI=1S/C29H31FN2O3/c30-26-18-10-7-13-23(26)20-32(28(33)21-35-25-16-5-2-6-17-25)27(19-22-11-3-1-4-12-22)29(34)31-24-14-8-9-15-24/h1-7,10-13,16-18,24,27H,8-9,14-15,19-21H2,(H,31,34)/t27-/m1/s1. The highest BCUT2D eigenvalue weighted by Gasteiger charge is 2.32. The van der Waals surface area contributed by atoms with Crippen LogP contribution in [-0.2, 0) is 22.6 Å². The quantitative estimate of drug-likeness (QED) is 0.455. The van der Waals surface area contributed by atoms with E-state index in [0.29, 0.717) is 17.7 Å². The molecule has 1 aliphatic carbocycles. The van der Waals surface area contributed by atoms with Crippen molar-refractivity contribution in [3.8, 4) is 5.75 Å². The lowest BCUT2D eigenvalue weighted by Gasteiger charge is -2.32. The number of carbonyl (C=O) groups excluding carboxylic acids is 2. The van der Waals surface area contributed by atoms with Gasteiger partial charge < -0.3 is 15.0 Å². The molecule has 1 fully saturated rings. The number of ether oxygens (including phenoxy) is 1. The number of benzene rings is 3. The maximum absolute atomic E-state index is 14.6.